The summed E-state index contributed by atoms with van der Waals surface area (Å²) in [6, 6.07) is 1.78. The van der Waals surface area contributed by atoms with Gasteiger partial charge in [0.2, 0.25) is 0 Å². The molecule has 1 atom stereocenters. The van der Waals surface area contributed by atoms with Crippen LogP contribution < -0.4 is 11.1 Å². The number of carbonyl (C=O) groups excluding carboxylic acids is 1. The summed E-state index contributed by atoms with van der Waals surface area (Å²) in [5.41, 5.74) is 6.82. The van der Waals surface area contributed by atoms with Gasteiger partial charge >= 0.3 is 0 Å². The van der Waals surface area contributed by atoms with Gasteiger partial charge in [0.05, 0.1) is 11.2 Å². The van der Waals surface area contributed by atoms with Gasteiger partial charge in [0.25, 0.3) is 5.91 Å². The second-order valence-electron chi connectivity index (χ2n) is 5.61. The molecule has 102 valence electrons. The Bertz CT molecular complexity index is 425. The molecule has 3 N–H and O–H groups in total. The Hall–Kier alpha value is -1.36. The lowest BCUT2D eigenvalue weighted by Crippen LogP contribution is -2.52. The third kappa shape index (κ3) is 3.57. The van der Waals surface area contributed by atoms with Gasteiger partial charge < -0.3 is 11.1 Å². The summed E-state index contributed by atoms with van der Waals surface area (Å²) in [5, 5.41) is 7.19. The molecule has 1 amide bonds. The molecule has 1 unspecified atom stereocenters. The molecule has 18 heavy (non-hydrogen) atoms. The van der Waals surface area contributed by atoms with Crippen LogP contribution in [0.5, 0.6) is 0 Å². The molecule has 0 saturated heterocycles. The molecular formula is C13H24N4O. The first-order valence-corrected chi connectivity index (χ1v) is 6.30. The van der Waals surface area contributed by atoms with Gasteiger partial charge in [-0.3, -0.25) is 9.48 Å². The van der Waals surface area contributed by atoms with E-state index in [1.807, 2.05) is 13.8 Å². The molecule has 1 heterocycles. The van der Waals surface area contributed by atoms with Crippen molar-refractivity contribution in [3.63, 3.8) is 0 Å². The van der Waals surface area contributed by atoms with Gasteiger partial charge in [-0.2, -0.15) is 5.10 Å². The summed E-state index contributed by atoms with van der Waals surface area (Å²) in [6.45, 7) is 8.51. The van der Waals surface area contributed by atoms with Gasteiger partial charge in [-0.25, -0.2) is 0 Å². The number of amides is 1. The minimum Gasteiger partial charge on any atom is -0.344 e. The normalized spacial score (nSPS) is 14.6. The molecule has 0 fully saturated rings. The molecule has 5 nitrogen and oxygen atoms in total. The third-order valence-corrected chi connectivity index (χ3v) is 2.96. The van der Waals surface area contributed by atoms with Crippen LogP contribution in [-0.2, 0) is 7.05 Å². The lowest BCUT2D eigenvalue weighted by Gasteiger charge is -2.31. The van der Waals surface area contributed by atoms with E-state index in [4.69, 9.17) is 5.73 Å². The quantitative estimate of drug-likeness (QED) is 0.827. The molecule has 0 aliphatic rings. The smallest absolute Gasteiger partial charge is 0.270 e. The molecule has 0 saturated carbocycles. The molecule has 0 aliphatic heterocycles. The van der Waals surface area contributed by atoms with E-state index in [0.717, 1.165) is 12.1 Å². The van der Waals surface area contributed by atoms with Crippen molar-refractivity contribution in [2.45, 2.75) is 39.7 Å². The molecule has 1 aromatic rings. The van der Waals surface area contributed by atoms with Crippen molar-refractivity contribution in [2.24, 2.45) is 18.7 Å². The summed E-state index contributed by atoms with van der Waals surface area (Å²) in [7, 11) is 1.77. The van der Waals surface area contributed by atoms with E-state index in [1.54, 1.807) is 17.8 Å². The minimum atomic E-state index is -0.372. The SMILES string of the molecule is Cc1cc(C(=O)NC(C)(CN)CC(C)C)n(C)n1. The molecule has 0 radical (unpaired) electrons. The van der Waals surface area contributed by atoms with Crippen LogP contribution in [0, 0.1) is 12.8 Å². The van der Waals surface area contributed by atoms with Crippen LogP contribution >= 0.6 is 0 Å². The zero-order valence-corrected chi connectivity index (χ0v) is 11.9. The number of aryl methyl sites for hydroxylation is 2. The van der Waals surface area contributed by atoms with Gasteiger partial charge in [0.1, 0.15) is 5.69 Å². The third-order valence-electron chi connectivity index (χ3n) is 2.96. The Morgan fingerprint density at radius 1 is 1.61 bits per heavy atom. The number of rotatable bonds is 5. The highest BCUT2D eigenvalue weighted by atomic mass is 16.2. The number of nitrogens with zero attached hydrogens (tertiary/aromatic N) is 2. The minimum absolute atomic E-state index is 0.119. The summed E-state index contributed by atoms with van der Waals surface area (Å²) >= 11 is 0. The maximum atomic E-state index is 12.2. The van der Waals surface area contributed by atoms with Crippen molar-refractivity contribution in [3.05, 3.63) is 17.5 Å². The van der Waals surface area contributed by atoms with Gasteiger partial charge in [-0.1, -0.05) is 13.8 Å². The summed E-state index contributed by atoms with van der Waals surface area (Å²) in [6.07, 6.45) is 0.853. The van der Waals surface area contributed by atoms with Crippen molar-refractivity contribution >= 4 is 5.91 Å². The number of hydrogen-bond donors (Lipinski definition) is 2. The highest BCUT2D eigenvalue weighted by Crippen LogP contribution is 2.16. The van der Waals surface area contributed by atoms with Crippen molar-refractivity contribution < 1.29 is 4.79 Å². The first-order chi connectivity index (χ1) is 8.27. The Morgan fingerprint density at radius 2 is 2.22 bits per heavy atom. The van der Waals surface area contributed by atoms with Crippen LogP contribution in [-0.4, -0.2) is 27.8 Å². The van der Waals surface area contributed by atoms with Crippen LogP contribution in [0.4, 0.5) is 0 Å². The lowest BCUT2D eigenvalue weighted by atomic mass is 9.90. The Labute approximate surface area is 109 Å². The fourth-order valence-electron chi connectivity index (χ4n) is 2.25. The Morgan fingerprint density at radius 3 is 2.61 bits per heavy atom. The van der Waals surface area contributed by atoms with E-state index in [2.05, 4.69) is 24.3 Å². The second-order valence-corrected chi connectivity index (χ2v) is 5.61. The fraction of sp³-hybridized carbons (Fsp3) is 0.692. The van der Waals surface area contributed by atoms with Gasteiger partial charge in [0.15, 0.2) is 0 Å². The first kappa shape index (κ1) is 14.7. The average molecular weight is 252 g/mol. The number of carbonyl (C=O) groups is 1. The Kier molecular flexibility index (Phi) is 4.51. The molecule has 1 rings (SSSR count). The van der Waals surface area contributed by atoms with Gasteiger partial charge in [-0.05, 0) is 32.3 Å². The zero-order valence-electron chi connectivity index (χ0n) is 11.9. The van der Waals surface area contributed by atoms with Crippen LogP contribution in [0.2, 0.25) is 0 Å². The van der Waals surface area contributed by atoms with Gasteiger partial charge in [-0.15, -0.1) is 0 Å². The van der Waals surface area contributed by atoms with Crippen LogP contribution in [0.15, 0.2) is 6.07 Å². The molecule has 5 heteroatoms. The topological polar surface area (TPSA) is 72.9 Å². The van der Waals surface area contributed by atoms with Crippen molar-refractivity contribution in [3.8, 4) is 0 Å². The van der Waals surface area contributed by atoms with Crippen LogP contribution in [0.3, 0.4) is 0 Å². The van der Waals surface area contributed by atoms with Crippen molar-refractivity contribution in [2.75, 3.05) is 6.54 Å². The molecule has 0 aliphatic carbocycles. The van der Waals surface area contributed by atoms with Crippen LogP contribution in [0.25, 0.3) is 0 Å². The predicted molar refractivity (Wildman–Crippen MR) is 72.3 cm³/mol. The lowest BCUT2D eigenvalue weighted by molar-refractivity contribution is 0.0888. The van der Waals surface area contributed by atoms with Gasteiger partial charge in [0, 0.05) is 13.6 Å². The maximum absolute atomic E-state index is 12.2. The molecule has 0 spiro atoms. The van der Waals surface area contributed by atoms with Crippen molar-refractivity contribution in [1.82, 2.24) is 15.1 Å². The van der Waals surface area contributed by atoms with E-state index in [-0.39, 0.29) is 11.4 Å². The number of aromatic nitrogens is 2. The van der Waals surface area contributed by atoms with E-state index in [9.17, 15) is 4.79 Å². The first-order valence-electron chi connectivity index (χ1n) is 6.30. The maximum Gasteiger partial charge on any atom is 0.270 e. The average Bonchev–Trinajstić information content (AvgIpc) is 2.56. The summed E-state index contributed by atoms with van der Waals surface area (Å²) < 4.78 is 1.59. The van der Waals surface area contributed by atoms with Crippen LogP contribution in [0.1, 0.15) is 43.4 Å². The number of hydrogen-bond acceptors (Lipinski definition) is 3. The standard InChI is InChI=1S/C13H24N4O/c1-9(2)7-13(4,8-14)15-12(18)11-6-10(3)16-17(11)5/h6,9H,7-8,14H2,1-5H3,(H,15,18). The van der Waals surface area contributed by atoms with E-state index < -0.39 is 0 Å². The predicted octanol–water partition coefficient (Wildman–Crippen LogP) is 1.22. The molecular weight excluding hydrogens is 228 g/mol. The molecule has 0 bridgehead atoms. The summed E-state index contributed by atoms with van der Waals surface area (Å²) in [5.74, 6) is 0.360. The molecule has 0 aromatic carbocycles. The fourth-order valence-corrected chi connectivity index (χ4v) is 2.25. The number of nitrogens with two attached hydrogens (primary N) is 1. The van der Waals surface area contributed by atoms with Crippen molar-refractivity contribution in [1.29, 1.82) is 0 Å². The van der Waals surface area contributed by atoms with E-state index >= 15 is 0 Å². The zero-order chi connectivity index (χ0) is 13.9. The Balaban J connectivity index is 2.82. The van der Waals surface area contributed by atoms with E-state index in [1.165, 1.54) is 0 Å². The summed E-state index contributed by atoms with van der Waals surface area (Å²) in [4.78, 5) is 12.2. The highest BCUT2D eigenvalue weighted by molar-refractivity contribution is 5.93. The largest absolute Gasteiger partial charge is 0.344 e. The van der Waals surface area contributed by atoms with E-state index in [0.29, 0.717) is 18.2 Å². The number of nitrogens with one attached hydrogen (secondary N) is 1. The second kappa shape index (κ2) is 5.52. The molecule has 1 aromatic heterocycles. The highest BCUT2D eigenvalue weighted by Gasteiger charge is 2.27. The monoisotopic (exact) mass is 252 g/mol.